The summed E-state index contributed by atoms with van der Waals surface area (Å²) in [6, 6.07) is 7.50. The Bertz CT molecular complexity index is 701. The van der Waals surface area contributed by atoms with Gasteiger partial charge in [-0.3, -0.25) is 4.79 Å². The van der Waals surface area contributed by atoms with Crippen molar-refractivity contribution >= 4 is 12.0 Å². The summed E-state index contributed by atoms with van der Waals surface area (Å²) in [5.41, 5.74) is 1.65. The van der Waals surface area contributed by atoms with Crippen LogP contribution in [-0.4, -0.2) is 39.9 Å². The van der Waals surface area contributed by atoms with Gasteiger partial charge in [0.15, 0.2) is 11.5 Å². The zero-order chi connectivity index (χ0) is 17.4. The van der Waals surface area contributed by atoms with Crippen LogP contribution in [0.1, 0.15) is 12.0 Å². The lowest BCUT2D eigenvalue weighted by atomic mass is 10.0. The van der Waals surface area contributed by atoms with Crippen LogP contribution in [0.25, 0.3) is 6.08 Å². The number of methoxy groups -OCH3 is 2. The molecule has 0 bridgehead atoms. The number of benzene rings is 1. The Morgan fingerprint density at radius 2 is 2.29 bits per heavy atom. The van der Waals surface area contributed by atoms with Gasteiger partial charge in [-0.2, -0.15) is 5.26 Å². The molecule has 0 unspecified atom stereocenters. The van der Waals surface area contributed by atoms with Crippen molar-refractivity contribution < 1.29 is 19.0 Å². The second-order valence-corrected chi connectivity index (χ2v) is 5.16. The fourth-order valence-electron chi connectivity index (χ4n) is 2.29. The minimum absolute atomic E-state index is 0.0496. The molecule has 6 heteroatoms. The molecule has 1 aromatic carbocycles. The molecular formula is C18H20N2O4. The third-order valence-corrected chi connectivity index (χ3v) is 3.46. The van der Waals surface area contributed by atoms with E-state index >= 15 is 0 Å². The molecule has 1 aliphatic heterocycles. The first-order valence-corrected chi connectivity index (χ1v) is 7.59. The summed E-state index contributed by atoms with van der Waals surface area (Å²) < 4.78 is 15.9. The van der Waals surface area contributed by atoms with Gasteiger partial charge in [0, 0.05) is 25.8 Å². The maximum absolute atomic E-state index is 12.0. The fourth-order valence-corrected chi connectivity index (χ4v) is 2.29. The van der Waals surface area contributed by atoms with Gasteiger partial charge in [0.25, 0.3) is 5.91 Å². The average molecular weight is 328 g/mol. The number of ether oxygens (including phenoxy) is 3. The Hall–Kier alpha value is -2.78. The molecule has 24 heavy (non-hydrogen) atoms. The van der Waals surface area contributed by atoms with Crippen molar-refractivity contribution in [3.8, 4) is 17.6 Å². The number of nitrogens with one attached hydrogen (secondary N) is 1. The van der Waals surface area contributed by atoms with Gasteiger partial charge in [0.05, 0.1) is 7.11 Å². The first kappa shape index (κ1) is 17.6. The highest BCUT2D eigenvalue weighted by Gasteiger charge is 2.16. The van der Waals surface area contributed by atoms with Gasteiger partial charge < -0.3 is 19.5 Å². The largest absolute Gasteiger partial charge is 0.493 e. The van der Waals surface area contributed by atoms with E-state index in [-0.39, 0.29) is 12.2 Å². The number of amides is 1. The lowest BCUT2D eigenvalue weighted by Crippen LogP contribution is -2.26. The van der Waals surface area contributed by atoms with E-state index in [9.17, 15) is 10.1 Å². The van der Waals surface area contributed by atoms with Crippen LogP contribution in [0.15, 0.2) is 35.4 Å². The molecule has 0 atom stereocenters. The van der Waals surface area contributed by atoms with Crippen LogP contribution in [0.3, 0.4) is 0 Å². The number of nitrogens with zero attached hydrogens (tertiary/aromatic N) is 1. The van der Waals surface area contributed by atoms with E-state index in [1.54, 1.807) is 20.3 Å². The summed E-state index contributed by atoms with van der Waals surface area (Å²) in [6.07, 6.45) is 4.13. The first-order valence-electron chi connectivity index (χ1n) is 7.59. The van der Waals surface area contributed by atoms with Crippen molar-refractivity contribution in [1.29, 1.82) is 5.26 Å². The topological polar surface area (TPSA) is 80.6 Å². The highest BCUT2D eigenvalue weighted by atomic mass is 16.5. The zero-order valence-electron chi connectivity index (χ0n) is 13.8. The Morgan fingerprint density at radius 3 is 3.00 bits per heavy atom. The molecule has 0 saturated carbocycles. The number of hydrogen-bond donors (Lipinski definition) is 1. The predicted molar refractivity (Wildman–Crippen MR) is 89.7 cm³/mol. The lowest BCUT2D eigenvalue weighted by Gasteiger charge is -2.18. The van der Waals surface area contributed by atoms with Crippen molar-refractivity contribution in [2.24, 2.45) is 0 Å². The predicted octanol–water partition coefficient (Wildman–Crippen LogP) is 2.07. The van der Waals surface area contributed by atoms with E-state index in [1.807, 2.05) is 30.3 Å². The number of carbonyl (C=O) groups is 1. The molecule has 6 nitrogen and oxygen atoms in total. The van der Waals surface area contributed by atoms with E-state index < -0.39 is 5.91 Å². The van der Waals surface area contributed by atoms with E-state index in [2.05, 4.69) is 5.32 Å². The Labute approximate surface area is 141 Å². The molecule has 126 valence electrons. The van der Waals surface area contributed by atoms with Gasteiger partial charge in [0.1, 0.15) is 18.2 Å². The van der Waals surface area contributed by atoms with Crippen LogP contribution in [0.4, 0.5) is 0 Å². The van der Waals surface area contributed by atoms with Gasteiger partial charge in [0.2, 0.25) is 0 Å². The number of fused-ring (bicyclic) bond motifs is 1. The minimum Gasteiger partial charge on any atom is -0.493 e. The van der Waals surface area contributed by atoms with Gasteiger partial charge in [-0.1, -0.05) is 12.1 Å². The third-order valence-electron chi connectivity index (χ3n) is 3.46. The molecule has 1 heterocycles. The Morgan fingerprint density at radius 1 is 1.46 bits per heavy atom. The summed E-state index contributed by atoms with van der Waals surface area (Å²) in [6.45, 7) is 1.29. The van der Waals surface area contributed by atoms with Crippen LogP contribution in [0.2, 0.25) is 0 Å². The number of hydrogen-bond acceptors (Lipinski definition) is 5. The average Bonchev–Trinajstić information content (AvgIpc) is 2.62. The van der Waals surface area contributed by atoms with Gasteiger partial charge in [-0.15, -0.1) is 0 Å². The first-order chi connectivity index (χ1) is 11.7. The lowest BCUT2D eigenvalue weighted by molar-refractivity contribution is -0.117. The van der Waals surface area contributed by atoms with Crippen molar-refractivity contribution in [2.45, 2.75) is 6.42 Å². The molecule has 0 spiro atoms. The Balaban J connectivity index is 2.12. The fraction of sp³-hybridized carbons (Fsp3) is 0.333. The number of para-hydroxylation sites is 1. The van der Waals surface area contributed by atoms with Crippen LogP contribution in [0.5, 0.6) is 11.5 Å². The smallest absolute Gasteiger partial charge is 0.261 e. The minimum atomic E-state index is -0.397. The summed E-state index contributed by atoms with van der Waals surface area (Å²) in [7, 11) is 3.19. The monoisotopic (exact) mass is 328 g/mol. The van der Waals surface area contributed by atoms with Crippen LogP contribution in [0, 0.1) is 11.3 Å². The van der Waals surface area contributed by atoms with Gasteiger partial charge >= 0.3 is 0 Å². The Kier molecular flexibility index (Phi) is 6.41. The summed E-state index contributed by atoms with van der Waals surface area (Å²) in [5, 5.41) is 11.9. The summed E-state index contributed by atoms with van der Waals surface area (Å²) >= 11 is 0. The van der Waals surface area contributed by atoms with E-state index in [4.69, 9.17) is 14.2 Å². The molecule has 0 aromatic heterocycles. The number of rotatable bonds is 7. The third kappa shape index (κ3) is 4.37. The molecule has 0 saturated heterocycles. The van der Waals surface area contributed by atoms with Crippen LogP contribution in [-0.2, 0) is 9.53 Å². The van der Waals surface area contributed by atoms with E-state index in [0.717, 1.165) is 11.1 Å². The molecular weight excluding hydrogens is 308 g/mol. The van der Waals surface area contributed by atoms with Crippen molar-refractivity contribution in [2.75, 3.05) is 34.0 Å². The van der Waals surface area contributed by atoms with Crippen molar-refractivity contribution in [3.63, 3.8) is 0 Å². The number of nitriles is 1. The van der Waals surface area contributed by atoms with E-state index in [0.29, 0.717) is 31.1 Å². The molecule has 1 amide bonds. The number of carbonyl (C=O) groups excluding carboxylic acids is 1. The molecule has 1 aliphatic rings. The van der Waals surface area contributed by atoms with Gasteiger partial charge in [-0.05, 0) is 30.2 Å². The molecule has 0 aliphatic carbocycles. The van der Waals surface area contributed by atoms with Gasteiger partial charge in [-0.25, -0.2) is 0 Å². The molecule has 0 fully saturated rings. The maximum atomic E-state index is 12.0. The second-order valence-electron chi connectivity index (χ2n) is 5.16. The zero-order valence-corrected chi connectivity index (χ0v) is 13.8. The van der Waals surface area contributed by atoms with Crippen LogP contribution < -0.4 is 14.8 Å². The molecule has 1 N–H and O–H groups in total. The molecule has 1 aromatic rings. The second kappa shape index (κ2) is 8.75. The highest BCUT2D eigenvalue weighted by Crippen LogP contribution is 2.35. The normalized spacial score (nSPS) is 13.2. The van der Waals surface area contributed by atoms with E-state index in [1.165, 1.54) is 0 Å². The van der Waals surface area contributed by atoms with Crippen LogP contribution >= 0.6 is 0 Å². The molecule has 0 radical (unpaired) electrons. The van der Waals surface area contributed by atoms with Crippen molar-refractivity contribution in [3.05, 3.63) is 41.0 Å². The maximum Gasteiger partial charge on any atom is 0.261 e. The highest BCUT2D eigenvalue weighted by molar-refractivity contribution is 5.98. The standard InChI is InChI=1S/C18H20N2O4/c1-22-8-4-7-20-18(21)15(11-19)10-13-9-14-5-3-6-16(23-2)17(14)24-12-13/h3,5-6,9-10H,4,7-8,12H2,1-2H3,(H,20,21). The summed E-state index contributed by atoms with van der Waals surface area (Å²) in [4.78, 5) is 12.0. The quantitative estimate of drug-likeness (QED) is 0.471. The van der Waals surface area contributed by atoms with Crippen molar-refractivity contribution in [1.82, 2.24) is 5.32 Å². The SMILES string of the molecule is COCCCNC(=O)C(C#N)=CC1=Cc2cccc(OC)c2OC1. The summed E-state index contributed by atoms with van der Waals surface area (Å²) in [5.74, 6) is 0.925. The molecule has 2 rings (SSSR count).